The van der Waals surface area contributed by atoms with Crippen LogP contribution in [0.5, 0.6) is 0 Å². The maximum absolute atomic E-state index is 10.1. The first-order valence-electron chi connectivity index (χ1n) is 4.15. The molecule has 1 nitrogen and oxygen atoms in total. The molecule has 0 saturated carbocycles. The lowest BCUT2D eigenvalue weighted by atomic mass is 10.1. The van der Waals surface area contributed by atoms with E-state index in [0.717, 1.165) is 0 Å². The zero-order chi connectivity index (χ0) is 9.15. The monoisotopic (exact) mass is 148 g/mol. The Kier molecular flexibility index (Phi) is 25.9. The van der Waals surface area contributed by atoms with E-state index < -0.39 is 0 Å². The van der Waals surface area contributed by atoms with Crippen molar-refractivity contribution in [2.75, 3.05) is 0 Å². The Labute approximate surface area is 67.3 Å². The molecule has 0 saturated heterocycles. The summed E-state index contributed by atoms with van der Waals surface area (Å²) in [6.45, 7) is 13.4. The predicted molar refractivity (Wildman–Crippen MR) is 50.3 cm³/mol. The maximum atomic E-state index is 10.1. The molecule has 0 amide bonds. The molecule has 0 aliphatic rings. The zero-order valence-corrected chi connectivity index (χ0v) is 8.49. The maximum Gasteiger partial charge on any atom is 0.132 e. The normalized spacial score (nSPS) is 6.80. The smallest absolute Gasteiger partial charge is 0.132 e. The average molecular weight is 148 g/mol. The SMILES string of the molecule is CC.CC.CC(=O)C(C)C.[HH]. The van der Waals surface area contributed by atoms with E-state index in [9.17, 15) is 4.79 Å². The minimum absolute atomic E-state index is 0. The Morgan fingerprint density at radius 2 is 1.20 bits per heavy atom. The van der Waals surface area contributed by atoms with Crippen LogP contribution in [0.4, 0.5) is 0 Å². The molecule has 0 bridgehead atoms. The van der Waals surface area contributed by atoms with Gasteiger partial charge in [-0.3, -0.25) is 4.79 Å². The summed E-state index contributed by atoms with van der Waals surface area (Å²) in [6, 6.07) is 0. The highest BCUT2D eigenvalue weighted by molar-refractivity contribution is 5.77. The molecule has 0 rings (SSSR count). The first-order valence-corrected chi connectivity index (χ1v) is 4.15. The molecule has 1 heteroatoms. The Morgan fingerprint density at radius 1 is 1.10 bits per heavy atom. The molecule has 0 radical (unpaired) electrons. The second kappa shape index (κ2) is 15.9. The number of hydrogen-bond donors (Lipinski definition) is 0. The Balaban J connectivity index is -0.0000000428. The fourth-order valence-electron chi connectivity index (χ4n) is 0. The third kappa shape index (κ3) is 25.3. The van der Waals surface area contributed by atoms with E-state index in [2.05, 4.69) is 0 Å². The fourth-order valence-corrected chi connectivity index (χ4v) is 0. The summed E-state index contributed by atoms with van der Waals surface area (Å²) in [5.41, 5.74) is 0. The highest BCUT2D eigenvalue weighted by atomic mass is 16.1. The highest BCUT2D eigenvalue weighted by Crippen LogP contribution is 1.89. The van der Waals surface area contributed by atoms with Crippen molar-refractivity contribution in [1.82, 2.24) is 0 Å². The van der Waals surface area contributed by atoms with Crippen LogP contribution in [-0.2, 0) is 4.79 Å². The van der Waals surface area contributed by atoms with Crippen LogP contribution in [0.15, 0.2) is 0 Å². The van der Waals surface area contributed by atoms with Gasteiger partial charge in [0.05, 0.1) is 0 Å². The molecular weight excluding hydrogens is 124 g/mol. The van der Waals surface area contributed by atoms with E-state index in [4.69, 9.17) is 0 Å². The summed E-state index contributed by atoms with van der Waals surface area (Å²) in [6.07, 6.45) is 0. The molecule has 0 atom stereocenters. The lowest BCUT2D eigenvalue weighted by Crippen LogP contribution is -1.98. The molecule has 0 unspecified atom stereocenters. The van der Waals surface area contributed by atoms with Crippen molar-refractivity contribution >= 4 is 5.78 Å². The first kappa shape index (κ1) is 16.3. The lowest BCUT2D eigenvalue weighted by Gasteiger charge is -1.90. The molecule has 10 heavy (non-hydrogen) atoms. The van der Waals surface area contributed by atoms with Crippen LogP contribution in [0.1, 0.15) is 49.9 Å². The molecular formula is C9H24O. The third-order valence-corrected chi connectivity index (χ3v) is 0.813. The minimum atomic E-state index is 0. The van der Waals surface area contributed by atoms with Crippen molar-refractivity contribution in [2.24, 2.45) is 5.92 Å². The van der Waals surface area contributed by atoms with E-state index in [-0.39, 0.29) is 13.1 Å². The molecule has 66 valence electrons. The van der Waals surface area contributed by atoms with Gasteiger partial charge in [0.1, 0.15) is 5.78 Å². The van der Waals surface area contributed by atoms with E-state index in [1.54, 1.807) is 6.92 Å². The number of ketones is 1. The largest absolute Gasteiger partial charge is 0.300 e. The van der Waals surface area contributed by atoms with Gasteiger partial charge in [0, 0.05) is 7.34 Å². The van der Waals surface area contributed by atoms with Crippen molar-refractivity contribution in [2.45, 2.75) is 48.5 Å². The number of hydrogen-bond acceptors (Lipinski definition) is 1. The standard InChI is InChI=1S/C5H10O.2C2H6.H2/c1-4(2)5(3)6;2*1-2;/h4H,1-3H3;2*1-2H3;1H. The highest BCUT2D eigenvalue weighted by Gasteiger charge is 1.94. The molecule has 0 aliphatic heterocycles. The summed E-state index contributed by atoms with van der Waals surface area (Å²) in [4.78, 5) is 10.1. The van der Waals surface area contributed by atoms with Crippen molar-refractivity contribution in [3.63, 3.8) is 0 Å². The van der Waals surface area contributed by atoms with Crippen LogP contribution in [0, 0.1) is 5.92 Å². The molecule has 0 fully saturated rings. The predicted octanol–water partition coefficient (Wildman–Crippen LogP) is 3.53. The Hall–Kier alpha value is -0.330. The van der Waals surface area contributed by atoms with Gasteiger partial charge in [-0.1, -0.05) is 41.5 Å². The Bertz CT molecular complexity index is 60.6. The summed E-state index contributed by atoms with van der Waals surface area (Å²) >= 11 is 0. The minimum Gasteiger partial charge on any atom is -0.300 e. The fraction of sp³-hybridized carbons (Fsp3) is 0.889. The van der Waals surface area contributed by atoms with Gasteiger partial charge in [-0.05, 0) is 6.92 Å². The second-order valence-corrected chi connectivity index (χ2v) is 1.77. The van der Waals surface area contributed by atoms with Gasteiger partial charge < -0.3 is 0 Å². The van der Waals surface area contributed by atoms with E-state index >= 15 is 0 Å². The van der Waals surface area contributed by atoms with Crippen molar-refractivity contribution < 1.29 is 6.22 Å². The summed E-state index contributed by atoms with van der Waals surface area (Å²) < 4.78 is 0. The molecule has 0 aromatic carbocycles. The van der Waals surface area contributed by atoms with Crippen LogP contribution >= 0.6 is 0 Å². The van der Waals surface area contributed by atoms with Gasteiger partial charge in [-0.15, -0.1) is 0 Å². The second-order valence-electron chi connectivity index (χ2n) is 1.77. The van der Waals surface area contributed by atoms with Gasteiger partial charge in [0.2, 0.25) is 0 Å². The summed E-state index contributed by atoms with van der Waals surface area (Å²) in [5, 5.41) is 0. The Morgan fingerprint density at radius 3 is 1.20 bits per heavy atom. The van der Waals surface area contributed by atoms with Crippen LogP contribution in [0.2, 0.25) is 0 Å². The average Bonchev–Trinajstić information content (AvgIpc) is 1.96. The molecule has 0 N–H and O–H groups in total. The molecule has 0 spiro atoms. The van der Waals surface area contributed by atoms with Crippen molar-refractivity contribution in [1.29, 1.82) is 0 Å². The van der Waals surface area contributed by atoms with Gasteiger partial charge in [0.15, 0.2) is 0 Å². The summed E-state index contributed by atoms with van der Waals surface area (Å²) in [5.74, 6) is 0.472. The lowest BCUT2D eigenvalue weighted by molar-refractivity contribution is -0.119. The van der Waals surface area contributed by atoms with Gasteiger partial charge in [-0.2, -0.15) is 0 Å². The number of carbonyl (C=O) groups excluding carboxylic acids is 1. The van der Waals surface area contributed by atoms with Gasteiger partial charge in [0.25, 0.3) is 0 Å². The summed E-state index contributed by atoms with van der Waals surface area (Å²) in [7, 11) is 0. The third-order valence-electron chi connectivity index (χ3n) is 0.813. The molecule has 0 aromatic rings. The first-order chi connectivity index (χ1) is 4.64. The molecule has 0 aromatic heterocycles. The van der Waals surface area contributed by atoms with Crippen LogP contribution in [0.25, 0.3) is 0 Å². The van der Waals surface area contributed by atoms with Gasteiger partial charge >= 0.3 is 0 Å². The topological polar surface area (TPSA) is 17.1 Å². The number of rotatable bonds is 1. The quantitative estimate of drug-likeness (QED) is 0.556. The molecule has 0 aliphatic carbocycles. The van der Waals surface area contributed by atoms with Crippen molar-refractivity contribution in [3.8, 4) is 0 Å². The molecule has 0 heterocycles. The van der Waals surface area contributed by atoms with Crippen molar-refractivity contribution in [3.05, 3.63) is 0 Å². The zero-order valence-electron chi connectivity index (χ0n) is 8.49. The van der Waals surface area contributed by atoms with Crippen LogP contribution in [0.3, 0.4) is 0 Å². The van der Waals surface area contributed by atoms with E-state index in [0.29, 0.717) is 0 Å². The van der Waals surface area contributed by atoms with Gasteiger partial charge in [-0.25, -0.2) is 0 Å². The van der Waals surface area contributed by atoms with E-state index in [1.165, 1.54) is 0 Å². The number of carbonyl (C=O) groups is 1. The van der Waals surface area contributed by atoms with Crippen LogP contribution < -0.4 is 0 Å². The number of Topliss-reactive ketones (excluding diaryl/α,β-unsaturated/α-hetero) is 1. The van der Waals surface area contributed by atoms with E-state index in [1.807, 2.05) is 41.5 Å². The van der Waals surface area contributed by atoms with Crippen LogP contribution in [-0.4, -0.2) is 5.78 Å².